The summed E-state index contributed by atoms with van der Waals surface area (Å²) in [5.41, 5.74) is 7.70. The summed E-state index contributed by atoms with van der Waals surface area (Å²) in [7, 11) is 0. The van der Waals surface area contributed by atoms with Crippen molar-refractivity contribution in [3.63, 3.8) is 0 Å². The molecule has 12 heteroatoms. The predicted molar refractivity (Wildman–Crippen MR) is 133 cm³/mol. The molecular weight excluding hydrogens is 484 g/mol. The van der Waals surface area contributed by atoms with Crippen LogP contribution in [0, 0.1) is 12.7 Å². The van der Waals surface area contributed by atoms with Crippen molar-refractivity contribution in [1.82, 2.24) is 25.1 Å². The van der Waals surface area contributed by atoms with Crippen molar-refractivity contribution >= 4 is 28.5 Å². The highest BCUT2D eigenvalue weighted by Crippen LogP contribution is 2.38. The summed E-state index contributed by atoms with van der Waals surface area (Å²) in [6.45, 7) is 1.79. The molecule has 4 N–H and O–H groups in total. The number of ether oxygens (including phenoxy) is 1. The summed E-state index contributed by atoms with van der Waals surface area (Å²) in [6.07, 6.45) is 0.669. The van der Waals surface area contributed by atoms with Crippen molar-refractivity contribution in [1.29, 1.82) is 0 Å². The second kappa shape index (κ2) is 9.80. The molecule has 2 atom stereocenters. The van der Waals surface area contributed by atoms with E-state index in [-0.39, 0.29) is 37.0 Å². The van der Waals surface area contributed by atoms with E-state index >= 15 is 0 Å². The third kappa shape index (κ3) is 4.90. The Labute approximate surface area is 210 Å². The highest BCUT2D eigenvalue weighted by Gasteiger charge is 2.30. The number of hydrogen-bond acceptors (Lipinski definition) is 8. The number of nitrogen functional groups attached to an aromatic ring is 1. The number of rotatable bonds is 5. The molecule has 2 unspecified atom stereocenters. The minimum Gasteiger partial charge on any atom is -0.465 e. The van der Waals surface area contributed by atoms with Crippen molar-refractivity contribution in [2.24, 2.45) is 0 Å². The van der Waals surface area contributed by atoms with Crippen molar-refractivity contribution in [2.75, 3.05) is 24.1 Å². The van der Waals surface area contributed by atoms with Crippen LogP contribution >= 0.6 is 0 Å². The number of anilines is 2. The third-order valence-electron chi connectivity index (χ3n) is 6.16. The van der Waals surface area contributed by atoms with E-state index < -0.39 is 24.1 Å². The van der Waals surface area contributed by atoms with Crippen molar-refractivity contribution < 1.29 is 23.4 Å². The number of carbonyl (C=O) groups is 1. The molecule has 0 radical (unpaired) electrons. The van der Waals surface area contributed by atoms with E-state index in [1.807, 2.05) is 6.92 Å². The zero-order chi connectivity index (χ0) is 26.1. The Morgan fingerprint density at radius 2 is 1.97 bits per heavy atom. The average Bonchev–Trinajstić information content (AvgIpc) is 2.88. The van der Waals surface area contributed by atoms with Gasteiger partial charge in [-0.15, -0.1) is 5.10 Å². The lowest BCUT2D eigenvalue weighted by Crippen LogP contribution is -2.49. The van der Waals surface area contributed by atoms with Crippen LogP contribution in [0.4, 0.5) is 25.2 Å². The number of benzene rings is 2. The van der Waals surface area contributed by atoms with Gasteiger partial charge in [-0.2, -0.15) is 5.10 Å². The number of aromatic nitrogens is 4. The van der Waals surface area contributed by atoms with Crippen LogP contribution in [0.1, 0.15) is 12.0 Å². The first-order chi connectivity index (χ1) is 17.8. The number of nitrogens with zero attached hydrogens (tertiary/aromatic N) is 5. The summed E-state index contributed by atoms with van der Waals surface area (Å²) in [5, 5.41) is 21.5. The van der Waals surface area contributed by atoms with Gasteiger partial charge in [-0.05, 0) is 36.8 Å². The molecular formula is C25H23F2N7O3. The number of likely N-dealkylation sites (tertiary alicyclic amines) is 1. The van der Waals surface area contributed by atoms with E-state index in [1.165, 1.54) is 18.5 Å². The number of nitrogens with one attached hydrogen (secondary N) is 1. The molecule has 3 heterocycles. The molecule has 1 aliphatic rings. The largest absolute Gasteiger partial charge is 0.465 e. The molecule has 1 saturated heterocycles. The number of piperidine rings is 1. The molecule has 1 amide bonds. The van der Waals surface area contributed by atoms with Crippen LogP contribution in [0.3, 0.4) is 0 Å². The van der Waals surface area contributed by atoms with E-state index in [9.17, 15) is 18.7 Å². The summed E-state index contributed by atoms with van der Waals surface area (Å²) < 4.78 is 34.3. The van der Waals surface area contributed by atoms with Crippen LogP contribution in [0.15, 0.2) is 48.8 Å². The van der Waals surface area contributed by atoms with Gasteiger partial charge in [0.05, 0.1) is 29.7 Å². The molecule has 0 aliphatic carbocycles. The van der Waals surface area contributed by atoms with E-state index in [0.29, 0.717) is 27.8 Å². The Bertz CT molecular complexity index is 1490. The van der Waals surface area contributed by atoms with Gasteiger partial charge >= 0.3 is 6.09 Å². The lowest BCUT2D eigenvalue weighted by atomic mass is 10.0. The summed E-state index contributed by atoms with van der Waals surface area (Å²) in [6, 6.07) is 9.21. The minimum absolute atomic E-state index is 0.0212. The van der Waals surface area contributed by atoms with Crippen LogP contribution in [-0.4, -0.2) is 61.6 Å². The Morgan fingerprint density at radius 3 is 2.78 bits per heavy atom. The second-order valence-electron chi connectivity index (χ2n) is 8.75. The van der Waals surface area contributed by atoms with Crippen LogP contribution in [0.5, 0.6) is 11.6 Å². The zero-order valence-electron chi connectivity index (χ0n) is 19.7. The van der Waals surface area contributed by atoms with Gasteiger partial charge in [0.1, 0.15) is 17.7 Å². The van der Waals surface area contributed by atoms with E-state index in [1.54, 1.807) is 30.3 Å². The molecule has 1 fully saturated rings. The van der Waals surface area contributed by atoms with Gasteiger partial charge in [0.2, 0.25) is 11.8 Å². The first kappa shape index (κ1) is 24.1. The molecule has 4 aromatic rings. The SMILES string of the molecule is Cc1ccc2c(N)c(F)ccc2c1Oc1nnccc1-c1ccnc(NC2CC(F)CN(C(=O)O)C2)n1. The standard InChI is InChI=1S/C25H23F2N7O3/c1-13-2-3-16-17(4-5-19(27)21(16)28)22(13)37-23-18(6-9-30-33-23)20-7-8-29-24(32-20)31-15-10-14(26)11-34(12-15)25(35)36/h2-9,14-15H,10-12,28H2,1H3,(H,35,36)(H,29,31,32). The van der Waals surface area contributed by atoms with E-state index in [4.69, 9.17) is 10.5 Å². The maximum atomic E-state index is 14.1. The van der Waals surface area contributed by atoms with Gasteiger partial charge in [0.25, 0.3) is 0 Å². The number of carboxylic acid groups (broad SMARTS) is 1. The minimum atomic E-state index is -1.29. The van der Waals surface area contributed by atoms with Crippen molar-refractivity contribution in [2.45, 2.75) is 25.6 Å². The number of amides is 1. The van der Waals surface area contributed by atoms with Gasteiger partial charge in [-0.3, -0.25) is 0 Å². The fourth-order valence-electron chi connectivity index (χ4n) is 4.36. The molecule has 10 nitrogen and oxygen atoms in total. The first-order valence-corrected chi connectivity index (χ1v) is 11.5. The molecule has 37 heavy (non-hydrogen) atoms. The highest BCUT2D eigenvalue weighted by molar-refractivity contribution is 5.98. The fraction of sp³-hybridized carbons (Fsp3) is 0.240. The Hall–Kier alpha value is -4.61. The Morgan fingerprint density at radius 1 is 1.16 bits per heavy atom. The molecule has 2 aromatic carbocycles. The fourth-order valence-corrected chi connectivity index (χ4v) is 4.36. The molecule has 0 bridgehead atoms. The van der Waals surface area contributed by atoms with Crippen LogP contribution in [-0.2, 0) is 0 Å². The molecule has 190 valence electrons. The van der Waals surface area contributed by atoms with E-state index in [2.05, 4.69) is 25.5 Å². The van der Waals surface area contributed by atoms with Gasteiger partial charge in [0.15, 0.2) is 0 Å². The molecule has 0 spiro atoms. The second-order valence-corrected chi connectivity index (χ2v) is 8.75. The van der Waals surface area contributed by atoms with Gasteiger partial charge in [0, 0.05) is 36.0 Å². The van der Waals surface area contributed by atoms with Gasteiger partial charge in [-0.25, -0.2) is 23.5 Å². The Kier molecular flexibility index (Phi) is 6.38. The smallest absolute Gasteiger partial charge is 0.407 e. The van der Waals surface area contributed by atoms with Crippen LogP contribution in [0.2, 0.25) is 0 Å². The quantitative estimate of drug-likeness (QED) is 0.335. The van der Waals surface area contributed by atoms with Crippen LogP contribution in [0.25, 0.3) is 22.0 Å². The lowest BCUT2D eigenvalue weighted by molar-refractivity contribution is 0.102. The zero-order valence-corrected chi connectivity index (χ0v) is 19.7. The average molecular weight is 508 g/mol. The summed E-state index contributed by atoms with van der Waals surface area (Å²) >= 11 is 0. The monoisotopic (exact) mass is 507 g/mol. The topological polar surface area (TPSA) is 139 Å². The highest BCUT2D eigenvalue weighted by atomic mass is 19.1. The lowest BCUT2D eigenvalue weighted by Gasteiger charge is -2.33. The van der Waals surface area contributed by atoms with Crippen molar-refractivity contribution in [3.05, 3.63) is 60.2 Å². The Balaban J connectivity index is 1.46. The normalized spacial score (nSPS) is 17.5. The molecule has 0 saturated carbocycles. The summed E-state index contributed by atoms with van der Waals surface area (Å²) in [4.78, 5) is 21.1. The number of halogens is 2. The molecule has 5 rings (SSSR count). The van der Waals surface area contributed by atoms with Crippen LogP contribution < -0.4 is 15.8 Å². The number of alkyl halides is 1. The van der Waals surface area contributed by atoms with E-state index in [0.717, 1.165) is 10.5 Å². The number of hydrogen-bond donors (Lipinski definition) is 3. The van der Waals surface area contributed by atoms with Gasteiger partial charge in [-0.1, -0.05) is 12.1 Å². The maximum absolute atomic E-state index is 14.1. The number of nitrogens with two attached hydrogens (primary N) is 1. The van der Waals surface area contributed by atoms with Crippen molar-refractivity contribution in [3.8, 4) is 22.9 Å². The molecule has 1 aliphatic heterocycles. The third-order valence-corrected chi connectivity index (χ3v) is 6.16. The first-order valence-electron chi connectivity index (χ1n) is 11.5. The summed E-state index contributed by atoms with van der Waals surface area (Å²) in [5.74, 6) is 0.286. The molecule has 2 aromatic heterocycles. The predicted octanol–water partition coefficient (Wildman–Crippen LogP) is 4.41. The number of fused-ring (bicyclic) bond motifs is 1. The maximum Gasteiger partial charge on any atom is 0.407 e. The van der Waals surface area contributed by atoms with Gasteiger partial charge < -0.3 is 25.8 Å². The number of aryl methyl sites for hydroxylation is 1.